The van der Waals surface area contributed by atoms with Crippen molar-refractivity contribution < 1.29 is 9.72 Å². The van der Waals surface area contributed by atoms with Crippen molar-refractivity contribution in [2.45, 2.75) is 26.3 Å². The third-order valence-corrected chi connectivity index (χ3v) is 4.17. The smallest absolute Gasteiger partial charge is 0.271 e. The Labute approximate surface area is 154 Å². The first-order valence-corrected chi connectivity index (χ1v) is 8.38. The third kappa shape index (κ3) is 4.00. The molecule has 2 aromatic carbocycles. The van der Waals surface area contributed by atoms with Crippen LogP contribution in [0.5, 0.6) is 0 Å². The maximum atomic E-state index is 12.5. The van der Waals surface area contributed by atoms with Gasteiger partial charge in [0.1, 0.15) is 6.54 Å². The maximum absolute atomic E-state index is 12.5. The van der Waals surface area contributed by atoms with Gasteiger partial charge in [-0.2, -0.15) is 0 Å². The summed E-state index contributed by atoms with van der Waals surface area (Å²) in [5.41, 5.74) is 1.40. The van der Waals surface area contributed by atoms with Crippen LogP contribution >= 0.6 is 0 Å². The van der Waals surface area contributed by atoms with E-state index >= 15 is 0 Å². The number of nitrogens with one attached hydrogen (secondary N) is 1. The SMILES string of the molecule is CC(C)c1cccc(NC(=O)Cn2cnc3cc([N+](=O)[O-])ccc3c2=O)c1. The Morgan fingerprint density at radius 3 is 2.74 bits per heavy atom. The lowest BCUT2D eigenvalue weighted by Gasteiger charge is -2.10. The average Bonchev–Trinajstić information content (AvgIpc) is 2.64. The Hall–Kier alpha value is -3.55. The van der Waals surface area contributed by atoms with Crippen molar-refractivity contribution >= 4 is 28.2 Å². The van der Waals surface area contributed by atoms with Crippen LogP contribution in [0.4, 0.5) is 11.4 Å². The molecule has 0 unspecified atom stereocenters. The van der Waals surface area contributed by atoms with Crippen LogP contribution < -0.4 is 10.9 Å². The molecule has 0 fully saturated rings. The minimum atomic E-state index is -0.550. The Bertz CT molecular complexity index is 1090. The molecule has 0 saturated heterocycles. The van der Waals surface area contributed by atoms with Crippen LogP contribution in [0, 0.1) is 10.1 Å². The molecule has 1 heterocycles. The molecule has 1 N–H and O–H groups in total. The van der Waals surface area contributed by atoms with Gasteiger partial charge < -0.3 is 5.32 Å². The molecular weight excluding hydrogens is 348 g/mol. The van der Waals surface area contributed by atoms with Gasteiger partial charge in [-0.05, 0) is 29.7 Å². The number of nitro groups is 1. The zero-order chi connectivity index (χ0) is 19.6. The molecule has 1 amide bonds. The van der Waals surface area contributed by atoms with Gasteiger partial charge in [0.25, 0.3) is 11.2 Å². The highest BCUT2D eigenvalue weighted by Gasteiger charge is 2.12. The first-order valence-electron chi connectivity index (χ1n) is 8.38. The van der Waals surface area contributed by atoms with Crippen molar-refractivity contribution in [3.63, 3.8) is 0 Å². The van der Waals surface area contributed by atoms with Gasteiger partial charge in [0.05, 0.1) is 22.2 Å². The number of hydrogen-bond donors (Lipinski definition) is 1. The highest BCUT2D eigenvalue weighted by molar-refractivity contribution is 5.91. The molecule has 0 spiro atoms. The van der Waals surface area contributed by atoms with Crippen molar-refractivity contribution in [2.24, 2.45) is 0 Å². The molecule has 8 heteroatoms. The second kappa shape index (κ2) is 7.36. The summed E-state index contributed by atoms with van der Waals surface area (Å²) in [4.78, 5) is 39.2. The molecule has 0 aliphatic rings. The van der Waals surface area contributed by atoms with Crippen LogP contribution in [0.2, 0.25) is 0 Å². The molecule has 0 saturated carbocycles. The van der Waals surface area contributed by atoms with E-state index in [0.29, 0.717) is 11.6 Å². The number of carbonyl (C=O) groups excluding carboxylic acids is 1. The molecule has 0 atom stereocenters. The number of aromatic nitrogens is 2. The van der Waals surface area contributed by atoms with Crippen molar-refractivity contribution in [3.8, 4) is 0 Å². The number of carbonyl (C=O) groups is 1. The van der Waals surface area contributed by atoms with Gasteiger partial charge in [-0.3, -0.25) is 24.3 Å². The lowest BCUT2D eigenvalue weighted by Crippen LogP contribution is -2.28. The quantitative estimate of drug-likeness (QED) is 0.551. The van der Waals surface area contributed by atoms with E-state index in [-0.39, 0.29) is 29.0 Å². The third-order valence-electron chi connectivity index (χ3n) is 4.17. The van der Waals surface area contributed by atoms with Crippen LogP contribution in [0.15, 0.2) is 53.6 Å². The Balaban J connectivity index is 1.82. The number of anilines is 1. The summed E-state index contributed by atoms with van der Waals surface area (Å²) in [6, 6.07) is 11.3. The fraction of sp³-hybridized carbons (Fsp3) is 0.211. The number of rotatable bonds is 5. The van der Waals surface area contributed by atoms with Gasteiger partial charge in [0, 0.05) is 17.8 Å². The number of benzene rings is 2. The van der Waals surface area contributed by atoms with Gasteiger partial charge in [-0.1, -0.05) is 26.0 Å². The van der Waals surface area contributed by atoms with Crippen LogP contribution in [0.3, 0.4) is 0 Å². The van der Waals surface area contributed by atoms with Crippen molar-refractivity contribution in [3.05, 3.63) is 74.8 Å². The van der Waals surface area contributed by atoms with E-state index in [9.17, 15) is 19.7 Å². The minimum Gasteiger partial charge on any atom is -0.325 e. The fourth-order valence-electron chi connectivity index (χ4n) is 2.70. The Kier molecular flexibility index (Phi) is 4.98. The van der Waals surface area contributed by atoms with Crippen molar-refractivity contribution in [2.75, 3.05) is 5.32 Å². The molecule has 27 heavy (non-hydrogen) atoms. The Morgan fingerprint density at radius 2 is 2.04 bits per heavy atom. The summed E-state index contributed by atoms with van der Waals surface area (Å²) in [6.45, 7) is 3.92. The predicted molar refractivity (Wildman–Crippen MR) is 102 cm³/mol. The molecule has 0 aliphatic carbocycles. The first-order chi connectivity index (χ1) is 12.8. The number of amides is 1. The number of non-ortho nitro benzene ring substituents is 1. The number of nitro benzene ring substituents is 1. The van der Waals surface area contributed by atoms with Crippen molar-refractivity contribution in [1.82, 2.24) is 9.55 Å². The van der Waals surface area contributed by atoms with Gasteiger partial charge in [-0.15, -0.1) is 0 Å². The second-order valence-corrected chi connectivity index (χ2v) is 6.46. The van der Waals surface area contributed by atoms with E-state index in [4.69, 9.17) is 0 Å². The molecule has 0 aliphatic heterocycles. The molecule has 138 valence electrons. The summed E-state index contributed by atoms with van der Waals surface area (Å²) in [5, 5.41) is 13.8. The topological polar surface area (TPSA) is 107 Å². The normalized spacial score (nSPS) is 10.9. The molecule has 3 rings (SSSR count). The summed E-state index contributed by atoms with van der Waals surface area (Å²) in [7, 11) is 0. The number of fused-ring (bicyclic) bond motifs is 1. The number of nitrogens with zero attached hydrogens (tertiary/aromatic N) is 3. The van der Waals surface area contributed by atoms with Crippen LogP contribution in [0.1, 0.15) is 25.3 Å². The molecule has 0 radical (unpaired) electrons. The largest absolute Gasteiger partial charge is 0.325 e. The fourth-order valence-corrected chi connectivity index (χ4v) is 2.70. The standard InChI is InChI=1S/C19H18N4O4/c1-12(2)13-4-3-5-14(8-13)21-18(24)10-22-11-20-17-9-15(23(26)27)6-7-16(17)19(22)25/h3-9,11-12H,10H2,1-2H3,(H,21,24). The second-order valence-electron chi connectivity index (χ2n) is 6.46. The summed E-state index contributed by atoms with van der Waals surface area (Å²) in [6.07, 6.45) is 1.22. The zero-order valence-corrected chi connectivity index (χ0v) is 14.9. The molecule has 8 nitrogen and oxygen atoms in total. The summed E-state index contributed by atoms with van der Waals surface area (Å²) < 4.78 is 1.18. The highest BCUT2D eigenvalue weighted by atomic mass is 16.6. The van der Waals surface area contributed by atoms with E-state index < -0.39 is 10.5 Å². The lowest BCUT2D eigenvalue weighted by atomic mass is 10.0. The van der Waals surface area contributed by atoms with E-state index in [1.54, 1.807) is 6.07 Å². The van der Waals surface area contributed by atoms with Gasteiger partial charge in [0.2, 0.25) is 5.91 Å². The van der Waals surface area contributed by atoms with E-state index in [1.807, 2.05) is 18.2 Å². The molecule has 3 aromatic rings. The molecular formula is C19H18N4O4. The lowest BCUT2D eigenvalue weighted by molar-refractivity contribution is -0.384. The Morgan fingerprint density at radius 1 is 1.26 bits per heavy atom. The van der Waals surface area contributed by atoms with Gasteiger partial charge >= 0.3 is 0 Å². The van der Waals surface area contributed by atoms with Crippen LogP contribution in [-0.4, -0.2) is 20.4 Å². The van der Waals surface area contributed by atoms with E-state index in [1.165, 1.54) is 29.1 Å². The summed E-state index contributed by atoms with van der Waals surface area (Å²) in [5.74, 6) is -0.0284. The van der Waals surface area contributed by atoms with Crippen molar-refractivity contribution in [1.29, 1.82) is 0 Å². The van der Waals surface area contributed by atoms with E-state index in [2.05, 4.69) is 24.1 Å². The monoisotopic (exact) mass is 366 g/mol. The molecule has 0 bridgehead atoms. The maximum Gasteiger partial charge on any atom is 0.271 e. The van der Waals surface area contributed by atoms with Gasteiger partial charge in [-0.25, -0.2) is 4.98 Å². The average molecular weight is 366 g/mol. The first kappa shape index (κ1) is 18.2. The number of hydrogen-bond acceptors (Lipinski definition) is 5. The zero-order valence-electron chi connectivity index (χ0n) is 14.9. The predicted octanol–water partition coefficient (Wildman–Crippen LogP) is 3.07. The highest BCUT2D eigenvalue weighted by Crippen LogP contribution is 2.19. The molecule has 1 aromatic heterocycles. The van der Waals surface area contributed by atoms with Crippen LogP contribution in [-0.2, 0) is 11.3 Å². The minimum absolute atomic E-state index is 0.144. The van der Waals surface area contributed by atoms with Gasteiger partial charge in [0.15, 0.2) is 0 Å². The van der Waals surface area contributed by atoms with E-state index in [0.717, 1.165) is 5.56 Å². The summed E-state index contributed by atoms with van der Waals surface area (Å²) >= 11 is 0. The van der Waals surface area contributed by atoms with Crippen LogP contribution in [0.25, 0.3) is 10.9 Å².